The lowest BCUT2D eigenvalue weighted by molar-refractivity contribution is 0.0696. The monoisotopic (exact) mass is 1300 g/mol. The minimum atomic E-state index is -4.92. The summed E-state index contributed by atoms with van der Waals surface area (Å²) in [5.41, 5.74) is 21.9. The number of aromatic nitrogens is 6. The van der Waals surface area contributed by atoms with Crippen LogP contribution in [0.25, 0.3) is 5.57 Å². The van der Waals surface area contributed by atoms with Gasteiger partial charge in [-0.25, -0.2) is 19.4 Å². The van der Waals surface area contributed by atoms with Crippen molar-refractivity contribution in [1.29, 1.82) is 0 Å². The smallest absolute Gasteiger partial charge is 0.335 e. The van der Waals surface area contributed by atoms with Gasteiger partial charge in [-0.3, -0.25) is 9.11 Å². The molecule has 0 spiro atoms. The highest BCUT2D eigenvalue weighted by Gasteiger charge is 2.31. The molecule has 0 fully saturated rings. The van der Waals surface area contributed by atoms with Gasteiger partial charge in [0.1, 0.15) is 9.79 Å². The molecule has 4 amide bonds. The molecular weight excluding hydrogens is 1230 g/mol. The van der Waals surface area contributed by atoms with Gasteiger partial charge in [-0.05, 0) is 170 Å². The molecule has 0 unspecified atom stereocenters. The number of fused-ring (bicyclic) bond motifs is 2. The van der Waals surface area contributed by atoms with Crippen LogP contribution in [0, 0.1) is 41.5 Å². The van der Waals surface area contributed by atoms with Crippen LogP contribution in [0.2, 0.25) is 0 Å². The Hall–Kier alpha value is -11.3. The number of para-hydroxylation sites is 1. The predicted octanol–water partition coefficient (Wildman–Crippen LogP) is 9.59. The normalized spacial score (nSPS) is 13.1. The summed E-state index contributed by atoms with van der Waals surface area (Å²) in [5, 5.41) is 36.2. The fourth-order valence-corrected chi connectivity index (χ4v) is 12.7. The van der Waals surface area contributed by atoms with Gasteiger partial charge in [-0.15, -0.1) is 0 Å². The first kappa shape index (κ1) is 64.6. The number of nitrogens with zero attached hydrogens (tertiary/aromatic N) is 7. The number of aromatic carboxylic acids is 1. The van der Waals surface area contributed by atoms with Crippen molar-refractivity contribution in [2.45, 2.75) is 57.8 Å². The zero-order chi connectivity index (χ0) is 66.5. The number of amides is 4. The number of urea groups is 2. The highest BCUT2D eigenvalue weighted by atomic mass is 32.2. The molecule has 10 rings (SSSR count). The van der Waals surface area contributed by atoms with E-state index in [2.05, 4.69) is 77.8 Å². The molecule has 0 saturated carbocycles. The summed E-state index contributed by atoms with van der Waals surface area (Å²) in [4.78, 5) is 67.7. The van der Waals surface area contributed by atoms with Crippen LogP contribution in [0.5, 0.6) is 0 Å². The predicted molar refractivity (Wildman–Crippen MR) is 357 cm³/mol. The van der Waals surface area contributed by atoms with Gasteiger partial charge in [0.15, 0.2) is 0 Å². The van der Waals surface area contributed by atoms with Crippen molar-refractivity contribution in [3.8, 4) is 0 Å². The lowest BCUT2D eigenvalue weighted by Crippen LogP contribution is -2.33. The summed E-state index contributed by atoms with van der Waals surface area (Å²) in [6.07, 6.45) is 5.50. The number of aryl methyl sites for hydroxylation is 2. The standard InChI is InChI=1S/C63H64N18O10S2/c1-32-27-33(2)51(74-62(84)68-25-23-66-58-76-56(64)78-60(80-58)72-41-14-8-7-9-15-41)34(3)50(32)70-43-19-21-45-39(30-43)28-40-31-44(20-22-46(40)49(45)47-17-10-11-18-48(47)92(86,87)88)71-52-35(4)53(37(6)54(36(52)5)93(89,90)91)75-63(85)69-26-24-67-59-77-57(65)79-61(81-59)73-42-16-12-13-38(29-42)55(82)83/h7-22,27,29-31,70H,23-26,28H2,1-6H3,(H,82,83)(H2,68,74,84)(H2,69,75,85)(H,86,87,88)(H,89,90,91)(H4,64,66,72,76,78,80)(H4,65,67,73,77,79,81)/b71-44+. The highest BCUT2D eigenvalue weighted by Crippen LogP contribution is 2.45. The van der Waals surface area contributed by atoms with Crippen LogP contribution >= 0.6 is 0 Å². The number of allylic oxidation sites excluding steroid dienone is 5. The van der Waals surface area contributed by atoms with Gasteiger partial charge in [0.05, 0.1) is 28.3 Å². The summed E-state index contributed by atoms with van der Waals surface area (Å²) >= 11 is 0. The Morgan fingerprint density at radius 1 is 0.548 bits per heavy atom. The molecule has 6 aromatic carbocycles. The topological polar surface area (TPSA) is 430 Å². The fraction of sp³-hybridized carbons (Fsp3) is 0.175. The van der Waals surface area contributed by atoms with Crippen molar-refractivity contribution in [2.75, 3.05) is 74.9 Å². The van der Waals surface area contributed by atoms with E-state index >= 15 is 0 Å². The summed E-state index contributed by atoms with van der Waals surface area (Å²) in [6.45, 7) is 10.8. The van der Waals surface area contributed by atoms with Crippen LogP contribution in [-0.4, -0.2) is 111 Å². The molecule has 8 aromatic rings. The van der Waals surface area contributed by atoms with E-state index in [4.69, 9.17) is 16.5 Å². The number of hydrogen-bond donors (Lipinski definition) is 14. The lowest BCUT2D eigenvalue weighted by atomic mass is 9.77. The lowest BCUT2D eigenvalue weighted by Gasteiger charge is -2.28. The molecule has 2 aliphatic carbocycles. The number of benzene rings is 6. The van der Waals surface area contributed by atoms with Gasteiger partial charge >= 0.3 is 18.0 Å². The first-order valence-electron chi connectivity index (χ1n) is 28.7. The Balaban J connectivity index is 0.880. The molecule has 0 aliphatic heterocycles. The maximum Gasteiger partial charge on any atom is 0.335 e. The molecule has 478 valence electrons. The van der Waals surface area contributed by atoms with E-state index in [0.29, 0.717) is 50.6 Å². The molecule has 16 N–H and O–H groups in total. The van der Waals surface area contributed by atoms with E-state index < -0.39 is 43.2 Å². The average molecular weight is 1300 g/mol. The number of carbonyl (C=O) groups is 3. The van der Waals surface area contributed by atoms with Gasteiger partial charge in [-0.2, -0.15) is 46.7 Å². The van der Waals surface area contributed by atoms with Gasteiger partial charge < -0.3 is 64.4 Å². The summed E-state index contributed by atoms with van der Waals surface area (Å²) in [6, 6.07) is 27.8. The number of hydrogen-bond acceptors (Lipinski definition) is 21. The van der Waals surface area contributed by atoms with Crippen LogP contribution < -0.4 is 59.3 Å². The molecule has 2 aliphatic rings. The zero-order valence-corrected chi connectivity index (χ0v) is 52.5. The molecule has 30 heteroatoms. The maximum absolute atomic E-state index is 13.6. The largest absolute Gasteiger partial charge is 0.478 e. The third kappa shape index (κ3) is 15.1. The molecule has 0 saturated heterocycles. The van der Waals surface area contributed by atoms with E-state index in [1.165, 1.54) is 38.1 Å². The van der Waals surface area contributed by atoms with Crippen LogP contribution in [0.1, 0.15) is 60.4 Å². The Morgan fingerprint density at radius 2 is 1.13 bits per heavy atom. The summed E-state index contributed by atoms with van der Waals surface area (Å²) in [5.74, 6) is -0.738. The van der Waals surface area contributed by atoms with Crippen molar-refractivity contribution in [3.63, 3.8) is 0 Å². The van der Waals surface area contributed by atoms with Crippen molar-refractivity contribution in [3.05, 3.63) is 188 Å². The van der Waals surface area contributed by atoms with Gasteiger partial charge in [-0.1, -0.05) is 60.7 Å². The van der Waals surface area contributed by atoms with Crippen molar-refractivity contribution >= 4 is 125 Å². The SMILES string of the molecule is Cc1cc(C)c(Nc2ccc3c(c2)CC2=C/C(=N/c4c(C)c(NC(=O)NCCNc5nc(N)nc(Nc6cccc(C(=O)O)c6)n5)c(C)c(S(=O)(=O)O)c4C)C=CC2=C3c2ccccc2S(=O)(=O)O)c(C)c1NC(=O)NCCNc1nc(N)nc(Nc2ccccc2)n1. The molecule has 0 atom stereocenters. The number of carboxylic acid groups (broad SMARTS) is 1. The van der Waals surface area contributed by atoms with Gasteiger partial charge in [0.25, 0.3) is 20.2 Å². The first-order valence-corrected chi connectivity index (χ1v) is 31.6. The number of nitrogens with two attached hydrogens (primary N) is 2. The second-order valence-corrected chi connectivity index (χ2v) is 24.3. The minimum absolute atomic E-state index is 0.00808. The number of rotatable bonds is 21. The molecule has 93 heavy (non-hydrogen) atoms. The van der Waals surface area contributed by atoms with Crippen molar-refractivity contribution in [2.24, 2.45) is 4.99 Å². The molecule has 2 heterocycles. The summed E-state index contributed by atoms with van der Waals surface area (Å²) < 4.78 is 73.6. The van der Waals surface area contributed by atoms with E-state index in [1.807, 2.05) is 75.4 Å². The number of carbonyl (C=O) groups excluding carboxylic acids is 2. The number of nitrogens with one attached hydrogen (secondary N) is 9. The van der Waals surface area contributed by atoms with E-state index in [1.54, 1.807) is 49.4 Å². The van der Waals surface area contributed by atoms with E-state index in [-0.39, 0.29) is 107 Å². The number of aliphatic imine (C=N–C) groups is 1. The molecular formula is C63H64N18O10S2. The Morgan fingerprint density at radius 3 is 1.76 bits per heavy atom. The van der Waals surface area contributed by atoms with E-state index in [9.17, 15) is 45.4 Å². The van der Waals surface area contributed by atoms with Crippen LogP contribution in [-0.2, 0) is 26.7 Å². The fourth-order valence-electron chi connectivity index (χ4n) is 11.0. The molecule has 0 radical (unpaired) electrons. The van der Waals surface area contributed by atoms with Crippen LogP contribution in [0.15, 0.2) is 147 Å². The third-order valence-electron chi connectivity index (χ3n) is 15.0. The van der Waals surface area contributed by atoms with Crippen LogP contribution in [0.3, 0.4) is 0 Å². The Kier molecular flexibility index (Phi) is 18.8. The Bertz CT molecular complexity index is 4710. The highest BCUT2D eigenvalue weighted by molar-refractivity contribution is 7.86. The minimum Gasteiger partial charge on any atom is -0.478 e. The second-order valence-electron chi connectivity index (χ2n) is 21.6. The second kappa shape index (κ2) is 27.0. The number of anilines is 12. The van der Waals surface area contributed by atoms with Gasteiger partial charge in [0.2, 0.25) is 35.7 Å². The third-order valence-corrected chi connectivity index (χ3v) is 17.0. The molecule has 0 bridgehead atoms. The maximum atomic E-state index is 13.6. The Labute approximate surface area is 534 Å². The zero-order valence-electron chi connectivity index (χ0n) is 50.9. The molecule has 28 nitrogen and oxygen atoms in total. The summed E-state index contributed by atoms with van der Waals surface area (Å²) in [7, 11) is -9.67. The number of carboxylic acids is 1. The van der Waals surface area contributed by atoms with Crippen molar-refractivity contribution in [1.82, 2.24) is 40.5 Å². The van der Waals surface area contributed by atoms with Gasteiger partial charge in [0, 0.05) is 54.5 Å². The number of nitrogen functional groups attached to an aromatic ring is 2. The first-order chi connectivity index (χ1) is 44.3. The van der Waals surface area contributed by atoms with Crippen LogP contribution in [0.4, 0.5) is 85.1 Å². The quantitative estimate of drug-likeness (QED) is 0.0235. The van der Waals surface area contributed by atoms with Crippen molar-refractivity contribution < 1.29 is 45.4 Å². The van der Waals surface area contributed by atoms with E-state index in [0.717, 1.165) is 33.6 Å². The molecule has 2 aromatic heterocycles. The average Bonchev–Trinajstić information content (AvgIpc) is 0.751.